The number of carbonyl (C=O) groups is 2. The smallest absolute Gasteiger partial charge is 0.325 e. The molecule has 4 aromatic rings. The fraction of sp³-hybridized carbons (Fsp3) is 0.143. The predicted molar refractivity (Wildman–Crippen MR) is 108 cm³/mol. The zero-order chi connectivity index (χ0) is 20.0. The van der Waals surface area contributed by atoms with Crippen LogP contribution in [-0.4, -0.2) is 27.0 Å². The first-order chi connectivity index (χ1) is 14.0. The standard InChI is InChI=1S/C21H16N4O3S/c1-21(15-9-8-13-5-2-3-6-14(13)11-15)19(26)25(20(27)23-21)12-17-22-18(24-28-17)16-7-4-10-29-16/h2-11H,12H2,1H3,(H,23,27)/t21-/m1/s1. The molecule has 2 aromatic carbocycles. The van der Waals surface area contributed by atoms with Gasteiger partial charge in [-0.05, 0) is 40.8 Å². The summed E-state index contributed by atoms with van der Waals surface area (Å²) in [6.45, 7) is 1.63. The molecule has 0 bridgehead atoms. The molecule has 0 spiro atoms. The highest BCUT2D eigenvalue weighted by Crippen LogP contribution is 2.32. The van der Waals surface area contributed by atoms with Gasteiger partial charge in [0.05, 0.1) is 4.88 Å². The molecule has 29 heavy (non-hydrogen) atoms. The topological polar surface area (TPSA) is 88.3 Å². The minimum atomic E-state index is -1.16. The molecule has 5 rings (SSSR count). The van der Waals surface area contributed by atoms with E-state index in [4.69, 9.17) is 4.52 Å². The number of urea groups is 1. The van der Waals surface area contributed by atoms with Crippen molar-refractivity contribution >= 4 is 34.0 Å². The van der Waals surface area contributed by atoms with Crippen LogP contribution in [0.4, 0.5) is 4.79 Å². The quantitative estimate of drug-likeness (QED) is 0.521. The van der Waals surface area contributed by atoms with Gasteiger partial charge in [0.1, 0.15) is 12.1 Å². The Balaban J connectivity index is 1.43. The number of nitrogens with one attached hydrogen (secondary N) is 1. The van der Waals surface area contributed by atoms with Gasteiger partial charge in [-0.2, -0.15) is 4.98 Å². The van der Waals surface area contributed by atoms with E-state index in [1.54, 1.807) is 6.92 Å². The fourth-order valence-electron chi connectivity index (χ4n) is 3.50. The van der Waals surface area contributed by atoms with Gasteiger partial charge in [0.25, 0.3) is 5.91 Å². The number of hydrogen-bond donors (Lipinski definition) is 1. The lowest BCUT2D eigenvalue weighted by Gasteiger charge is -2.22. The fourth-order valence-corrected chi connectivity index (χ4v) is 4.15. The third-order valence-corrected chi connectivity index (χ3v) is 5.97. The molecule has 8 heteroatoms. The molecule has 1 fully saturated rings. The van der Waals surface area contributed by atoms with Crippen LogP contribution in [0.1, 0.15) is 18.4 Å². The van der Waals surface area contributed by atoms with Crippen LogP contribution in [0.2, 0.25) is 0 Å². The lowest BCUT2D eigenvalue weighted by atomic mass is 9.90. The first-order valence-electron chi connectivity index (χ1n) is 9.04. The largest absolute Gasteiger partial charge is 0.337 e. The molecule has 0 unspecified atom stereocenters. The molecule has 1 saturated heterocycles. The average Bonchev–Trinajstić information content (AvgIpc) is 3.46. The van der Waals surface area contributed by atoms with Crippen LogP contribution in [0.15, 0.2) is 64.5 Å². The molecule has 0 radical (unpaired) electrons. The van der Waals surface area contributed by atoms with Crippen LogP contribution >= 0.6 is 11.3 Å². The van der Waals surface area contributed by atoms with E-state index in [0.717, 1.165) is 26.1 Å². The normalized spacial score (nSPS) is 19.1. The van der Waals surface area contributed by atoms with Crippen molar-refractivity contribution in [3.63, 3.8) is 0 Å². The summed E-state index contributed by atoms with van der Waals surface area (Å²) < 4.78 is 5.25. The number of rotatable bonds is 4. The van der Waals surface area contributed by atoms with Crippen LogP contribution in [0.25, 0.3) is 21.5 Å². The van der Waals surface area contributed by atoms with Crippen molar-refractivity contribution in [1.82, 2.24) is 20.4 Å². The van der Waals surface area contributed by atoms with E-state index in [1.807, 2.05) is 60.0 Å². The highest BCUT2D eigenvalue weighted by Gasteiger charge is 2.49. The molecule has 0 saturated carbocycles. The van der Waals surface area contributed by atoms with Crippen molar-refractivity contribution in [2.24, 2.45) is 0 Å². The zero-order valence-corrected chi connectivity index (χ0v) is 16.3. The third kappa shape index (κ3) is 2.89. The van der Waals surface area contributed by atoms with Gasteiger partial charge in [0.15, 0.2) is 0 Å². The van der Waals surface area contributed by atoms with Gasteiger partial charge in [-0.1, -0.05) is 47.6 Å². The summed E-state index contributed by atoms with van der Waals surface area (Å²) in [5, 5.41) is 10.7. The molecule has 1 aliphatic heterocycles. The number of hydrogen-bond acceptors (Lipinski definition) is 6. The Morgan fingerprint density at radius 1 is 1.10 bits per heavy atom. The molecule has 1 atom stereocenters. The summed E-state index contributed by atoms with van der Waals surface area (Å²) in [5.41, 5.74) is -0.431. The summed E-state index contributed by atoms with van der Waals surface area (Å²) in [6, 6.07) is 16.9. The summed E-state index contributed by atoms with van der Waals surface area (Å²) in [5.74, 6) is 0.299. The van der Waals surface area contributed by atoms with Crippen molar-refractivity contribution in [3.8, 4) is 10.7 Å². The van der Waals surface area contributed by atoms with E-state index >= 15 is 0 Å². The van der Waals surface area contributed by atoms with Crippen molar-refractivity contribution in [2.75, 3.05) is 0 Å². The molecule has 1 aliphatic rings. The minimum Gasteiger partial charge on any atom is -0.337 e. The highest BCUT2D eigenvalue weighted by molar-refractivity contribution is 7.13. The predicted octanol–water partition coefficient (Wildman–Crippen LogP) is 3.92. The van der Waals surface area contributed by atoms with Gasteiger partial charge in [0, 0.05) is 0 Å². The Kier molecular flexibility index (Phi) is 3.95. The molecule has 7 nitrogen and oxygen atoms in total. The minimum absolute atomic E-state index is 0.0772. The van der Waals surface area contributed by atoms with Crippen LogP contribution in [0.5, 0.6) is 0 Å². The SMILES string of the molecule is C[C@]1(c2ccc3ccccc3c2)NC(=O)N(Cc2nc(-c3cccs3)no2)C1=O. The lowest BCUT2D eigenvalue weighted by Crippen LogP contribution is -2.40. The number of nitrogens with zero attached hydrogens (tertiary/aromatic N) is 3. The Morgan fingerprint density at radius 2 is 1.93 bits per heavy atom. The maximum Gasteiger partial charge on any atom is 0.325 e. The molecular weight excluding hydrogens is 388 g/mol. The Morgan fingerprint density at radius 3 is 2.72 bits per heavy atom. The molecule has 0 aliphatic carbocycles. The molecule has 3 heterocycles. The van der Waals surface area contributed by atoms with Crippen LogP contribution in [0, 0.1) is 0 Å². The van der Waals surface area contributed by atoms with Gasteiger partial charge >= 0.3 is 6.03 Å². The number of imide groups is 1. The van der Waals surface area contributed by atoms with E-state index < -0.39 is 11.6 Å². The lowest BCUT2D eigenvalue weighted by molar-refractivity contribution is -0.131. The van der Waals surface area contributed by atoms with Gasteiger partial charge in [-0.15, -0.1) is 11.3 Å². The number of amides is 3. The molecule has 144 valence electrons. The average molecular weight is 404 g/mol. The monoisotopic (exact) mass is 404 g/mol. The number of carbonyl (C=O) groups excluding carboxylic acids is 2. The number of thiophene rings is 1. The van der Waals surface area contributed by atoms with Gasteiger partial charge in [-0.25, -0.2) is 4.79 Å². The van der Waals surface area contributed by atoms with E-state index in [1.165, 1.54) is 11.3 Å². The molecule has 1 N–H and O–H groups in total. The van der Waals surface area contributed by atoms with Crippen LogP contribution in [0.3, 0.4) is 0 Å². The molecule has 3 amide bonds. The summed E-state index contributed by atoms with van der Waals surface area (Å²) >= 11 is 1.49. The highest BCUT2D eigenvalue weighted by atomic mass is 32.1. The second-order valence-corrected chi connectivity index (χ2v) is 7.95. The Hall–Kier alpha value is -3.52. The van der Waals surface area contributed by atoms with Gasteiger partial charge in [0.2, 0.25) is 11.7 Å². The Bertz CT molecular complexity index is 1230. The second kappa shape index (κ2) is 6.52. The second-order valence-electron chi connectivity index (χ2n) is 7.00. The molecule has 2 aromatic heterocycles. The first-order valence-corrected chi connectivity index (χ1v) is 9.92. The zero-order valence-electron chi connectivity index (χ0n) is 15.5. The first kappa shape index (κ1) is 17.6. The van der Waals surface area contributed by atoms with E-state index in [9.17, 15) is 9.59 Å². The van der Waals surface area contributed by atoms with E-state index in [0.29, 0.717) is 5.82 Å². The molecular formula is C21H16N4O3S. The van der Waals surface area contributed by atoms with Gasteiger partial charge < -0.3 is 9.84 Å². The van der Waals surface area contributed by atoms with Gasteiger partial charge in [-0.3, -0.25) is 9.69 Å². The van der Waals surface area contributed by atoms with Crippen molar-refractivity contribution < 1.29 is 14.1 Å². The number of aromatic nitrogens is 2. The summed E-state index contributed by atoms with van der Waals surface area (Å²) in [6.07, 6.45) is 0. The van der Waals surface area contributed by atoms with Crippen LogP contribution < -0.4 is 5.32 Å². The van der Waals surface area contributed by atoms with Crippen LogP contribution in [-0.2, 0) is 16.9 Å². The Labute approximate surface area is 170 Å². The van der Waals surface area contributed by atoms with Crippen molar-refractivity contribution in [1.29, 1.82) is 0 Å². The van der Waals surface area contributed by atoms with Crippen molar-refractivity contribution in [3.05, 3.63) is 71.4 Å². The maximum atomic E-state index is 13.2. The van der Waals surface area contributed by atoms with E-state index in [2.05, 4.69) is 15.5 Å². The maximum absolute atomic E-state index is 13.2. The van der Waals surface area contributed by atoms with E-state index in [-0.39, 0.29) is 18.3 Å². The third-order valence-electron chi connectivity index (χ3n) is 5.10. The summed E-state index contributed by atoms with van der Waals surface area (Å²) in [7, 11) is 0. The van der Waals surface area contributed by atoms with Crippen molar-refractivity contribution in [2.45, 2.75) is 19.0 Å². The summed E-state index contributed by atoms with van der Waals surface area (Å²) in [4.78, 5) is 32.0. The number of benzene rings is 2. The number of fused-ring (bicyclic) bond motifs is 1.